The summed E-state index contributed by atoms with van der Waals surface area (Å²) in [5.41, 5.74) is 1.10. The number of thioether (sulfide) groups is 1. The summed E-state index contributed by atoms with van der Waals surface area (Å²) in [6.07, 6.45) is 1.65. The third-order valence-corrected chi connectivity index (χ3v) is 7.68. The Hall–Kier alpha value is -1.99. The Bertz CT molecular complexity index is 787. The fraction of sp³-hybridized carbons (Fsp3) is 0.400. The molecule has 1 N–H and O–H groups in total. The van der Waals surface area contributed by atoms with E-state index in [1.165, 1.54) is 11.3 Å². The van der Waals surface area contributed by atoms with Crippen molar-refractivity contribution < 1.29 is 9.59 Å². The van der Waals surface area contributed by atoms with Crippen molar-refractivity contribution in [3.63, 3.8) is 0 Å². The number of carbonyl (C=O) groups is 2. The molecule has 142 valence electrons. The highest BCUT2D eigenvalue weighted by Gasteiger charge is 2.47. The number of hydrogen-bond acceptors (Lipinski definition) is 4. The van der Waals surface area contributed by atoms with E-state index in [0.717, 1.165) is 35.6 Å². The summed E-state index contributed by atoms with van der Waals surface area (Å²) in [7, 11) is 0. The number of rotatable bonds is 3. The van der Waals surface area contributed by atoms with E-state index in [1.54, 1.807) is 0 Å². The van der Waals surface area contributed by atoms with Crippen molar-refractivity contribution in [1.29, 1.82) is 0 Å². The third-order valence-electron chi connectivity index (χ3n) is 5.27. The highest BCUT2D eigenvalue weighted by molar-refractivity contribution is 8.00. The molecule has 2 aromatic rings. The summed E-state index contributed by atoms with van der Waals surface area (Å²) in [4.78, 5) is 30.0. The van der Waals surface area contributed by atoms with Crippen LogP contribution in [0.1, 0.15) is 28.1 Å². The Kier molecular flexibility index (Phi) is 5.41. The Balaban J connectivity index is 1.35. The monoisotopic (exact) mass is 401 g/mol. The molecule has 7 heteroatoms. The van der Waals surface area contributed by atoms with Gasteiger partial charge in [0.2, 0.25) is 0 Å². The van der Waals surface area contributed by atoms with Crippen LogP contribution in [0.25, 0.3) is 0 Å². The SMILES string of the molecule is O=C(NCc1ccccc1)N1CCC2(CC1)SCCN2C(=O)c1cccs1. The van der Waals surface area contributed by atoms with Crippen LogP contribution in [0.15, 0.2) is 47.8 Å². The molecule has 3 heterocycles. The second kappa shape index (κ2) is 7.94. The van der Waals surface area contributed by atoms with Gasteiger partial charge in [0.15, 0.2) is 0 Å². The predicted molar refractivity (Wildman–Crippen MR) is 110 cm³/mol. The van der Waals surface area contributed by atoms with E-state index >= 15 is 0 Å². The van der Waals surface area contributed by atoms with Crippen LogP contribution in [0.4, 0.5) is 4.79 Å². The molecule has 2 saturated heterocycles. The minimum atomic E-state index is -0.155. The number of likely N-dealkylation sites (tertiary alicyclic amines) is 1. The van der Waals surface area contributed by atoms with Gasteiger partial charge in [-0.3, -0.25) is 4.79 Å². The zero-order valence-electron chi connectivity index (χ0n) is 15.1. The lowest BCUT2D eigenvalue weighted by Crippen LogP contribution is -2.54. The highest BCUT2D eigenvalue weighted by atomic mass is 32.2. The molecule has 0 atom stereocenters. The van der Waals surface area contributed by atoms with Gasteiger partial charge in [0.25, 0.3) is 5.91 Å². The molecule has 0 aliphatic carbocycles. The molecule has 1 aromatic heterocycles. The molecule has 1 spiro atoms. The van der Waals surface area contributed by atoms with Gasteiger partial charge >= 0.3 is 6.03 Å². The topological polar surface area (TPSA) is 52.7 Å². The molecule has 2 aliphatic rings. The lowest BCUT2D eigenvalue weighted by Gasteiger charge is -2.43. The van der Waals surface area contributed by atoms with Crippen molar-refractivity contribution in [3.8, 4) is 0 Å². The minimum Gasteiger partial charge on any atom is -0.334 e. The molecule has 27 heavy (non-hydrogen) atoms. The quantitative estimate of drug-likeness (QED) is 0.854. The van der Waals surface area contributed by atoms with E-state index in [1.807, 2.05) is 69.4 Å². The highest BCUT2D eigenvalue weighted by Crippen LogP contribution is 2.44. The van der Waals surface area contributed by atoms with Gasteiger partial charge in [0.05, 0.1) is 9.75 Å². The fourth-order valence-electron chi connectivity index (χ4n) is 3.79. The second-order valence-electron chi connectivity index (χ2n) is 6.86. The number of amides is 3. The van der Waals surface area contributed by atoms with Gasteiger partial charge in [0.1, 0.15) is 0 Å². The Labute approximate surface area is 167 Å². The summed E-state index contributed by atoms with van der Waals surface area (Å²) in [6.45, 7) is 2.70. The minimum absolute atomic E-state index is 0.0205. The number of benzene rings is 1. The van der Waals surface area contributed by atoms with Gasteiger partial charge < -0.3 is 15.1 Å². The van der Waals surface area contributed by atoms with Crippen molar-refractivity contribution in [2.24, 2.45) is 0 Å². The van der Waals surface area contributed by atoms with Crippen LogP contribution in [0.5, 0.6) is 0 Å². The van der Waals surface area contributed by atoms with Crippen molar-refractivity contribution in [3.05, 3.63) is 58.3 Å². The maximum absolute atomic E-state index is 12.9. The van der Waals surface area contributed by atoms with E-state index in [4.69, 9.17) is 0 Å². The normalized spacial score (nSPS) is 18.7. The fourth-order valence-corrected chi connectivity index (χ4v) is 5.91. The van der Waals surface area contributed by atoms with Gasteiger partial charge in [-0.25, -0.2) is 4.79 Å². The maximum atomic E-state index is 12.9. The Morgan fingerprint density at radius 3 is 2.52 bits per heavy atom. The number of carbonyl (C=O) groups excluding carboxylic acids is 2. The summed E-state index contributed by atoms with van der Waals surface area (Å²) in [5.74, 6) is 1.11. The molecule has 3 amide bonds. The average molecular weight is 402 g/mol. The molecule has 0 saturated carbocycles. The Morgan fingerprint density at radius 2 is 1.81 bits per heavy atom. The summed E-state index contributed by atoms with van der Waals surface area (Å²) in [6, 6.07) is 13.7. The van der Waals surface area contributed by atoms with Crippen LogP contribution in [0.3, 0.4) is 0 Å². The van der Waals surface area contributed by atoms with Crippen molar-refractivity contribution >= 4 is 35.0 Å². The second-order valence-corrected chi connectivity index (χ2v) is 9.26. The van der Waals surface area contributed by atoms with E-state index in [0.29, 0.717) is 19.6 Å². The van der Waals surface area contributed by atoms with Crippen molar-refractivity contribution in [2.45, 2.75) is 24.3 Å². The van der Waals surface area contributed by atoms with Gasteiger partial charge in [0, 0.05) is 31.9 Å². The van der Waals surface area contributed by atoms with Crippen molar-refractivity contribution in [1.82, 2.24) is 15.1 Å². The van der Waals surface area contributed by atoms with Crippen LogP contribution < -0.4 is 5.32 Å². The largest absolute Gasteiger partial charge is 0.334 e. The zero-order valence-corrected chi connectivity index (χ0v) is 16.7. The molecule has 0 bridgehead atoms. The van der Waals surface area contributed by atoms with E-state index in [-0.39, 0.29) is 16.8 Å². The Morgan fingerprint density at radius 1 is 1.04 bits per heavy atom. The molecule has 5 nitrogen and oxygen atoms in total. The predicted octanol–water partition coefficient (Wildman–Crippen LogP) is 3.64. The van der Waals surface area contributed by atoms with E-state index < -0.39 is 0 Å². The number of nitrogens with one attached hydrogen (secondary N) is 1. The standard InChI is InChI=1S/C20H23N3O2S2/c24-18(17-7-4-13-26-17)23-12-14-27-20(23)8-10-22(11-9-20)19(25)21-15-16-5-2-1-3-6-16/h1-7,13H,8-12,14-15H2,(H,21,25). The number of urea groups is 1. The number of thiophene rings is 1. The van der Waals surface area contributed by atoms with Gasteiger partial charge in [-0.1, -0.05) is 36.4 Å². The van der Waals surface area contributed by atoms with Gasteiger partial charge in [-0.15, -0.1) is 23.1 Å². The number of piperidine rings is 1. The van der Waals surface area contributed by atoms with E-state index in [9.17, 15) is 9.59 Å². The first-order chi connectivity index (χ1) is 13.2. The van der Waals surface area contributed by atoms with Crippen LogP contribution in [0, 0.1) is 0 Å². The smallest absolute Gasteiger partial charge is 0.317 e. The summed E-state index contributed by atoms with van der Waals surface area (Å²) < 4.78 is 0. The van der Waals surface area contributed by atoms with Crippen LogP contribution in [-0.2, 0) is 6.54 Å². The third kappa shape index (κ3) is 3.84. The first-order valence-electron chi connectivity index (χ1n) is 9.24. The maximum Gasteiger partial charge on any atom is 0.317 e. The van der Waals surface area contributed by atoms with Crippen LogP contribution in [0.2, 0.25) is 0 Å². The molecule has 0 radical (unpaired) electrons. The molecular formula is C20H23N3O2S2. The molecule has 4 rings (SSSR count). The first kappa shape index (κ1) is 18.4. The average Bonchev–Trinajstić information content (AvgIpc) is 3.38. The lowest BCUT2D eigenvalue weighted by atomic mass is 10.0. The lowest BCUT2D eigenvalue weighted by molar-refractivity contribution is 0.0585. The zero-order chi connectivity index (χ0) is 18.7. The molecule has 0 unspecified atom stereocenters. The summed E-state index contributed by atoms with van der Waals surface area (Å²) in [5, 5.41) is 4.95. The van der Waals surface area contributed by atoms with Crippen LogP contribution in [-0.4, -0.2) is 52.0 Å². The molecule has 2 aliphatic heterocycles. The summed E-state index contributed by atoms with van der Waals surface area (Å²) >= 11 is 3.37. The van der Waals surface area contributed by atoms with Crippen molar-refractivity contribution in [2.75, 3.05) is 25.4 Å². The van der Waals surface area contributed by atoms with Gasteiger partial charge in [-0.05, 0) is 29.9 Å². The number of hydrogen-bond donors (Lipinski definition) is 1. The molecular weight excluding hydrogens is 378 g/mol. The van der Waals surface area contributed by atoms with Crippen LogP contribution >= 0.6 is 23.1 Å². The van der Waals surface area contributed by atoms with Gasteiger partial charge in [-0.2, -0.15) is 0 Å². The molecule has 1 aromatic carbocycles. The molecule has 2 fully saturated rings. The first-order valence-corrected chi connectivity index (χ1v) is 11.1. The van der Waals surface area contributed by atoms with E-state index in [2.05, 4.69) is 5.32 Å². The number of nitrogens with zero attached hydrogens (tertiary/aromatic N) is 2.